The molecule has 0 bridgehead atoms. The maximum Gasteiger partial charge on any atom is 0.278 e. The van der Waals surface area contributed by atoms with E-state index in [1.807, 2.05) is 0 Å². The highest BCUT2D eigenvalue weighted by Crippen LogP contribution is 2.20. The quantitative estimate of drug-likeness (QED) is 0.817. The van der Waals surface area contributed by atoms with Gasteiger partial charge in [0, 0.05) is 19.0 Å². The molecule has 2 aromatic rings. The number of anilines is 1. The zero-order valence-electron chi connectivity index (χ0n) is 8.92. The summed E-state index contributed by atoms with van der Waals surface area (Å²) < 4.78 is 10.1. The Labute approximate surface area is 96.2 Å². The van der Waals surface area contributed by atoms with Crippen LogP contribution in [0.2, 0.25) is 0 Å². The Morgan fingerprint density at radius 3 is 3.12 bits per heavy atom. The number of carbonyl (C=O) groups is 1. The second kappa shape index (κ2) is 4.10. The number of fused-ring (bicyclic) bond motifs is 1. The zero-order chi connectivity index (χ0) is 11.7. The fourth-order valence-electron chi connectivity index (χ4n) is 1.73. The Hall–Kier alpha value is -2.02. The van der Waals surface area contributed by atoms with Crippen molar-refractivity contribution < 1.29 is 14.1 Å². The van der Waals surface area contributed by atoms with Crippen LogP contribution in [0.5, 0.6) is 0 Å². The lowest BCUT2D eigenvalue weighted by molar-refractivity contribution is -0.119. The molecule has 88 valence electrons. The van der Waals surface area contributed by atoms with E-state index in [1.54, 1.807) is 0 Å². The van der Waals surface area contributed by atoms with E-state index in [9.17, 15) is 4.79 Å². The number of hydrogen-bond donors (Lipinski definition) is 1. The van der Waals surface area contributed by atoms with Crippen molar-refractivity contribution in [3.8, 4) is 0 Å². The van der Waals surface area contributed by atoms with Gasteiger partial charge in [-0.3, -0.25) is 4.79 Å². The molecule has 2 aromatic heterocycles. The van der Waals surface area contributed by atoms with E-state index < -0.39 is 0 Å². The molecule has 1 unspecified atom stereocenters. The Morgan fingerprint density at radius 1 is 1.41 bits per heavy atom. The highest BCUT2D eigenvalue weighted by atomic mass is 16.5. The summed E-state index contributed by atoms with van der Waals surface area (Å²) in [6.45, 7) is 1.07. The molecule has 0 aliphatic carbocycles. The summed E-state index contributed by atoms with van der Waals surface area (Å²) in [5.74, 6) is 0.0618. The Morgan fingerprint density at radius 2 is 2.29 bits per heavy atom. The first-order valence-corrected chi connectivity index (χ1v) is 5.29. The van der Waals surface area contributed by atoms with Gasteiger partial charge in [-0.15, -0.1) is 0 Å². The minimum atomic E-state index is -0.126. The van der Waals surface area contributed by atoms with Crippen molar-refractivity contribution in [1.82, 2.24) is 15.1 Å². The molecule has 17 heavy (non-hydrogen) atoms. The normalized spacial score (nSPS) is 19.6. The number of ether oxygens (including phenoxy) is 1. The molecule has 1 aliphatic rings. The maximum atomic E-state index is 11.8. The number of aromatic nitrogens is 3. The summed E-state index contributed by atoms with van der Waals surface area (Å²) in [5.41, 5.74) is 0.769. The van der Waals surface area contributed by atoms with Gasteiger partial charge in [0.15, 0.2) is 5.52 Å². The van der Waals surface area contributed by atoms with Crippen LogP contribution in [-0.4, -0.2) is 34.2 Å². The minimum absolute atomic E-state index is 0.122. The minimum Gasteiger partial charge on any atom is -0.381 e. The highest BCUT2D eigenvalue weighted by molar-refractivity contribution is 5.97. The van der Waals surface area contributed by atoms with Crippen LogP contribution >= 0.6 is 0 Å². The third-order valence-corrected chi connectivity index (χ3v) is 2.65. The number of hydrogen-bond acceptors (Lipinski definition) is 6. The summed E-state index contributed by atoms with van der Waals surface area (Å²) in [6.07, 6.45) is 3.76. The molecular weight excluding hydrogens is 224 g/mol. The molecule has 1 saturated heterocycles. The molecule has 3 heterocycles. The van der Waals surface area contributed by atoms with Crippen molar-refractivity contribution in [2.75, 3.05) is 18.5 Å². The van der Waals surface area contributed by atoms with Crippen molar-refractivity contribution in [3.05, 3.63) is 12.4 Å². The molecule has 1 atom stereocenters. The molecule has 0 aromatic carbocycles. The van der Waals surface area contributed by atoms with Crippen molar-refractivity contribution in [1.29, 1.82) is 0 Å². The Balaban J connectivity index is 1.82. The van der Waals surface area contributed by atoms with Gasteiger partial charge in [0.1, 0.15) is 0 Å². The summed E-state index contributed by atoms with van der Waals surface area (Å²) in [6, 6.07) is 0. The van der Waals surface area contributed by atoms with Crippen LogP contribution in [0, 0.1) is 5.92 Å². The van der Waals surface area contributed by atoms with Crippen molar-refractivity contribution >= 4 is 23.0 Å². The molecule has 1 fully saturated rings. The van der Waals surface area contributed by atoms with Gasteiger partial charge in [0.2, 0.25) is 11.7 Å². The number of nitrogens with one attached hydrogen (secondary N) is 1. The number of amides is 1. The molecule has 1 N–H and O–H groups in total. The lowest BCUT2D eigenvalue weighted by Crippen LogP contribution is -2.23. The first-order valence-electron chi connectivity index (χ1n) is 5.29. The van der Waals surface area contributed by atoms with Gasteiger partial charge in [0.25, 0.3) is 5.71 Å². The first kappa shape index (κ1) is 10.2. The number of nitrogens with zero attached hydrogens (tertiary/aromatic N) is 3. The van der Waals surface area contributed by atoms with Crippen LogP contribution in [0.1, 0.15) is 6.42 Å². The first-order chi connectivity index (χ1) is 8.34. The number of rotatable bonds is 2. The second-order valence-electron chi connectivity index (χ2n) is 3.79. The number of carbonyl (C=O) groups excluding carboxylic acids is 1. The second-order valence-corrected chi connectivity index (χ2v) is 3.79. The lowest BCUT2D eigenvalue weighted by Gasteiger charge is -2.05. The van der Waals surface area contributed by atoms with Crippen LogP contribution in [0.4, 0.5) is 5.82 Å². The van der Waals surface area contributed by atoms with E-state index in [0.717, 1.165) is 6.42 Å². The lowest BCUT2D eigenvalue weighted by atomic mass is 10.1. The van der Waals surface area contributed by atoms with Crippen LogP contribution < -0.4 is 5.32 Å². The Kier molecular flexibility index (Phi) is 2.45. The molecule has 1 aliphatic heterocycles. The van der Waals surface area contributed by atoms with Crippen LogP contribution in [0.3, 0.4) is 0 Å². The maximum absolute atomic E-state index is 11.8. The Bertz CT molecular complexity index is 547. The van der Waals surface area contributed by atoms with E-state index in [4.69, 9.17) is 9.26 Å². The van der Waals surface area contributed by atoms with E-state index in [0.29, 0.717) is 30.3 Å². The molecule has 7 heteroatoms. The van der Waals surface area contributed by atoms with Gasteiger partial charge >= 0.3 is 0 Å². The van der Waals surface area contributed by atoms with Crippen LogP contribution in [0.25, 0.3) is 11.2 Å². The van der Waals surface area contributed by atoms with Crippen LogP contribution in [0.15, 0.2) is 16.9 Å². The smallest absolute Gasteiger partial charge is 0.278 e. The van der Waals surface area contributed by atoms with E-state index in [2.05, 4.69) is 20.4 Å². The largest absolute Gasteiger partial charge is 0.381 e. The summed E-state index contributed by atoms with van der Waals surface area (Å²) in [5, 5.41) is 6.41. The van der Waals surface area contributed by atoms with Gasteiger partial charge in [0.05, 0.1) is 12.5 Å². The third-order valence-electron chi connectivity index (χ3n) is 2.65. The molecule has 3 rings (SSSR count). The fourth-order valence-corrected chi connectivity index (χ4v) is 1.73. The molecule has 1 amide bonds. The molecular formula is C10H10N4O3. The molecule has 0 radical (unpaired) electrons. The predicted molar refractivity (Wildman–Crippen MR) is 57.2 cm³/mol. The molecule has 7 nitrogen and oxygen atoms in total. The monoisotopic (exact) mass is 234 g/mol. The highest BCUT2D eigenvalue weighted by Gasteiger charge is 2.25. The standard InChI is InChI=1S/C10H10N4O3/c15-9(6-1-4-16-5-6)13-8-7-10(17-14-8)12-3-2-11-7/h2-3,6H,1,4-5H2,(H,13,14,15). The fraction of sp³-hybridized carbons (Fsp3) is 0.400. The molecule has 0 saturated carbocycles. The van der Waals surface area contributed by atoms with Gasteiger partial charge in [-0.2, -0.15) is 0 Å². The van der Waals surface area contributed by atoms with E-state index in [-0.39, 0.29) is 11.8 Å². The molecule has 0 spiro atoms. The van der Waals surface area contributed by atoms with Gasteiger partial charge < -0.3 is 14.6 Å². The zero-order valence-corrected chi connectivity index (χ0v) is 8.92. The van der Waals surface area contributed by atoms with Gasteiger partial charge in [-0.1, -0.05) is 5.16 Å². The van der Waals surface area contributed by atoms with Crippen molar-refractivity contribution in [2.45, 2.75) is 6.42 Å². The SMILES string of the molecule is O=C(Nc1noc2nccnc12)C1CCOC1. The van der Waals surface area contributed by atoms with E-state index in [1.165, 1.54) is 12.4 Å². The van der Waals surface area contributed by atoms with Gasteiger partial charge in [-0.25, -0.2) is 9.97 Å². The summed E-state index contributed by atoms with van der Waals surface area (Å²) in [4.78, 5) is 19.8. The van der Waals surface area contributed by atoms with Crippen molar-refractivity contribution in [2.24, 2.45) is 5.92 Å². The predicted octanol–water partition coefficient (Wildman–Crippen LogP) is 0.593. The van der Waals surface area contributed by atoms with E-state index >= 15 is 0 Å². The summed E-state index contributed by atoms with van der Waals surface area (Å²) in [7, 11) is 0. The van der Waals surface area contributed by atoms with Crippen LogP contribution in [-0.2, 0) is 9.53 Å². The third kappa shape index (κ3) is 1.84. The van der Waals surface area contributed by atoms with Gasteiger partial charge in [-0.05, 0) is 6.42 Å². The average molecular weight is 234 g/mol. The topological polar surface area (TPSA) is 90.1 Å². The average Bonchev–Trinajstić information content (AvgIpc) is 2.98. The van der Waals surface area contributed by atoms with Crippen molar-refractivity contribution in [3.63, 3.8) is 0 Å². The summed E-state index contributed by atoms with van der Waals surface area (Å²) >= 11 is 0.